The Labute approximate surface area is 336 Å². The molecule has 0 spiro atoms. The molecule has 0 saturated carbocycles. The van der Waals surface area contributed by atoms with Gasteiger partial charge in [-0.1, -0.05) is 164 Å². The highest BCUT2D eigenvalue weighted by atomic mass is 15.0. The number of hydrogen-bond acceptors (Lipinski definition) is 3. The average Bonchev–Trinajstić information content (AvgIpc) is 3.72. The number of nitrogens with zero attached hydrogens (tertiary/aromatic N) is 4. The number of para-hydroxylation sites is 2. The number of rotatable bonds is 7. The molecule has 0 amide bonds. The lowest BCUT2D eigenvalue weighted by atomic mass is 9.97. The van der Waals surface area contributed by atoms with Gasteiger partial charge in [-0.3, -0.25) is 0 Å². The molecule has 10 rings (SSSR count). The summed E-state index contributed by atoms with van der Waals surface area (Å²) in [5, 5.41) is -0.318. The van der Waals surface area contributed by atoms with Crippen molar-refractivity contribution in [2.24, 2.45) is 0 Å². The molecule has 10 aromatic rings. The van der Waals surface area contributed by atoms with Crippen LogP contribution in [0.15, 0.2) is 206 Å². The molecule has 258 valence electrons. The van der Waals surface area contributed by atoms with Crippen LogP contribution < -0.4 is 0 Å². The van der Waals surface area contributed by atoms with Gasteiger partial charge in [0.1, 0.15) is 0 Å². The summed E-state index contributed by atoms with van der Waals surface area (Å²) in [6.45, 7) is 0. The second-order valence-corrected chi connectivity index (χ2v) is 12.8. The zero-order valence-electron chi connectivity index (χ0n) is 41.0. The Morgan fingerprint density at radius 2 is 0.818 bits per heavy atom. The van der Waals surface area contributed by atoms with Crippen LogP contribution in [0.3, 0.4) is 0 Å². The van der Waals surface area contributed by atoms with Gasteiger partial charge in [0, 0.05) is 33.2 Å². The Balaban J connectivity index is 1.12. The molecular weight excluding hydrogens is 669 g/mol. The van der Waals surface area contributed by atoms with Gasteiger partial charge in [-0.25, -0.2) is 15.0 Å². The van der Waals surface area contributed by atoms with Crippen LogP contribution in [-0.2, 0) is 0 Å². The first-order valence-electron chi connectivity index (χ1n) is 23.5. The van der Waals surface area contributed by atoms with Gasteiger partial charge >= 0.3 is 0 Å². The minimum Gasteiger partial charge on any atom is -0.309 e. The number of fused-ring (bicyclic) bond motifs is 3. The Morgan fingerprint density at radius 1 is 0.345 bits per heavy atom. The van der Waals surface area contributed by atoms with Crippen LogP contribution in [0.5, 0.6) is 0 Å². The van der Waals surface area contributed by atoms with Crippen LogP contribution in [0.2, 0.25) is 0 Å². The highest BCUT2D eigenvalue weighted by Gasteiger charge is 2.15. The fourth-order valence-electron chi connectivity index (χ4n) is 6.72. The minimum absolute atomic E-state index is 0.00378. The van der Waals surface area contributed by atoms with Gasteiger partial charge < -0.3 is 4.57 Å². The smallest absolute Gasteiger partial charge is 0.164 e. The van der Waals surface area contributed by atoms with E-state index in [0.29, 0.717) is 34.2 Å². The Morgan fingerprint density at radius 3 is 1.51 bits per heavy atom. The van der Waals surface area contributed by atoms with Crippen LogP contribution in [0.4, 0.5) is 0 Å². The van der Waals surface area contributed by atoms with Crippen LogP contribution >= 0.6 is 0 Å². The summed E-state index contributed by atoms with van der Waals surface area (Å²) >= 11 is 0. The van der Waals surface area contributed by atoms with Gasteiger partial charge in [-0.05, 0) is 75.7 Å². The third kappa shape index (κ3) is 6.16. The lowest BCUT2D eigenvalue weighted by Gasteiger charge is -2.11. The molecule has 4 heteroatoms. The second-order valence-electron chi connectivity index (χ2n) is 12.8. The first-order chi connectivity index (χ1) is 32.2. The van der Waals surface area contributed by atoms with E-state index in [1.165, 1.54) is 0 Å². The van der Waals surface area contributed by atoms with Gasteiger partial charge in [0.25, 0.3) is 0 Å². The van der Waals surface area contributed by atoms with E-state index in [-0.39, 0.29) is 33.4 Å². The molecule has 8 aromatic carbocycles. The van der Waals surface area contributed by atoms with E-state index in [4.69, 9.17) is 27.3 Å². The molecule has 55 heavy (non-hydrogen) atoms. The molecule has 0 unspecified atom stereocenters. The van der Waals surface area contributed by atoms with E-state index >= 15 is 0 Å². The van der Waals surface area contributed by atoms with Crippen molar-refractivity contribution in [3.05, 3.63) is 206 Å². The molecular formula is C51H34N4. The van der Waals surface area contributed by atoms with E-state index in [0.717, 1.165) is 32.4 Å². The summed E-state index contributed by atoms with van der Waals surface area (Å²) in [6.07, 6.45) is 0. The average molecular weight is 715 g/mol. The molecule has 0 bridgehead atoms. The van der Waals surface area contributed by atoms with Crippen molar-refractivity contribution < 1.29 is 16.4 Å². The SMILES string of the molecule is [2H]c1c([2H])c([2H])c(-n2c3c([2H])c([2H])c([2H])c([2H])c3c3c([2H])c(-c4cccc(-c5cccc(-c6nc(-c7ccccc7)nc(-c7ccc(-c8ccccc8)cc7)n6)c5)c4)c([2H])c([2H])c32)c([2H])c1[2H]. The lowest BCUT2D eigenvalue weighted by Crippen LogP contribution is -2.00. The topological polar surface area (TPSA) is 43.6 Å². The first-order valence-corrected chi connectivity index (χ1v) is 17.5. The summed E-state index contributed by atoms with van der Waals surface area (Å²) in [6, 6.07) is 35.3. The molecule has 0 N–H and O–H groups in total. The first kappa shape index (κ1) is 21.9. The molecule has 4 nitrogen and oxygen atoms in total. The van der Waals surface area contributed by atoms with E-state index in [2.05, 4.69) is 12.1 Å². The quantitative estimate of drug-likeness (QED) is 0.165. The van der Waals surface area contributed by atoms with Gasteiger partial charge in [0.05, 0.1) is 27.5 Å². The fraction of sp³-hybridized carbons (Fsp3) is 0. The molecule has 0 aliphatic heterocycles. The zero-order chi connectivity index (χ0) is 47.0. The number of hydrogen-bond donors (Lipinski definition) is 0. The van der Waals surface area contributed by atoms with Crippen molar-refractivity contribution in [2.75, 3.05) is 0 Å². The van der Waals surface area contributed by atoms with Crippen molar-refractivity contribution in [1.82, 2.24) is 19.5 Å². The molecule has 2 heterocycles. The van der Waals surface area contributed by atoms with Crippen molar-refractivity contribution in [2.45, 2.75) is 0 Å². The van der Waals surface area contributed by atoms with Crippen molar-refractivity contribution in [3.8, 4) is 73.2 Å². The van der Waals surface area contributed by atoms with Crippen LogP contribution in [-0.4, -0.2) is 19.5 Å². The maximum Gasteiger partial charge on any atom is 0.164 e. The third-order valence-electron chi connectivity index (χ3n) is 9.39. The van der Waals surface area contributed by atoms with E-state index < -0.39 is 72.2 Å². The third-order valence-corrected chi connectivity index (χ3v) is 9.39. The molecule has 0 fully saturated rings. The highest BCUT2D eigenvalue weighted by molar-refractivity contribution is 6.10. The zero-order valence-corrected chi connectivity index (χ0v) is 29.0. The summed E-state index contributed by atoms with van der Waals surface area (Å²) in [5.41, 5.74) is 5.22. The van der Waals surface area contributed by atoms with E-state index in [9.17, 15) is 4.11 Å². The summed E-state index contributed by atoms with van der Waals surface area (Å²) in [4.78, 5) is 14.8. The van der Waals surface area contributed by atoms with Crippen LogP contribution in [0.1, 0.15) is 16.4 Å². The van der Waals surface area contributed by atoms with E-state index in [1.807, 2.05) is 103 Å². The number of benzene rings is 8. The molecule has 0 aliphatic carbocycles. The Bertz CT molecular complexity index is 3630. The maximum atomic E-state index is 9.66. The molecule has 2 aromatic heterocycles. The van der Waals surface area contributed by atoms with Gasteiger partial charge in [0.2, 0.25) is 0 Å². The predicted molar refractivity (Wildman–Crippen MR) is 227 cm³/mol. The maximum absolute atomic E-state index is 9.66. The van der Waals surface area contributed by atoms with Crippen molar-refractivity contribution >= 4 is 21.8 Å². The van der Waals surface area contributed by atoms with Gasteiger partial charge in [0.15, 0.2) is 17.5 Å². The molecule has 0 aliphatic rings. The molecule has 0 radical (unpaired) electrons. The van der Waals surface area contributed by atoms with Crippen LogP contribution in [0.25, 0.3) is 95.0 Å². The summed E-state index contributed by atoms with van der Waals surface area (Å²) in [7, 11) is 0. The fourth-order valence-corrected chi connectivity index (χ4v) is 6.72. The van der Waals surface area contributed by atoms with Crippen molar-refractivity contribution in [1.29, 1.82) is 0 Å². The monoisotopic (exact) mass is 714 g/mol. The molecule has 0 saturated heterocycles. The van der Waals surface area contributed by atoms with E-state index in [1.54, 1.807) is 18.2 Å². The highest BCUT2D eigenvalue weighted by Crippen LogP contribution is 2.36. The van der Waals surface area contributed by atoms with Crippen molar-refractivity contribution in [3.63, 3.8) is 0 Å². The second kappa shape index (κ2) is 13.8. The van der Waals surface area contributed by atoms with Crippen LogP contribution in [0, 0.1) is 0 Å². The number of aromatic nitrogens is 4. The Hall–Kier alpha value is -7.43. The largest absolute Gasteiger partial charge is 0.309 e. The van der Waals surface area contributed by atoms with Gasteiger partial charge in [-0.2, -0.15) is 0 Å². The van der Waals surface area contributed by atoms with Gasteiger partial charge in [-0.15, -0.1) is 0 Å². The summed E-state index contributed by atoms with van der Waals surface area (Å²) < 4.78 is 107. The molecule has 0 atom stereocenters. The normalized spacial score (nSPS) is 14.3. The minimum atomic E-state index is -0.700. The standard InChI is InChI=1S/C51H34N4/c1-4-14-35(15-5-1)36-26-28-38(29-27-36)50-52-49(37-16-6-2-7-17-37)53-51(54-50)43-21-13-20-41(33-43)39-18-12-19-40(32-39)42-30-31-48-46(34-42)45-24-10-11-25-47(45)55(48)44-22-8-3-9-23-44/h1-34H/i3D,8D,9D,10D,11D,22D,23D,24D,25D,30D,31D,34D. The lowest BCUT2D eigenvalue weighted by molar-refractivity contribution is 1.07. The Kier molecular flexibility index (Phi) is 5.52. The summed E-state index contributed by atoms with van der Waals surface area (Å²) in [5.74, 6) is 1.41. The predicted octanol–water partition coefficient (Wildman–Crippen LogP) is 13.0.